The molecule has 19 heavy (non-hydrogen) atoms. The van der Waals surface area contributed by atoms with Crippen LogP contribution in [0, 0.1) is 11.3 Å². The number of hydrogen-bond acceptors (Lipinski definition) is 5. The van der Waals surface area contributed by atoms with Gasteiger partial charge in [-0.15, -0.1) is 0 Å². The summed E-state index contributed by atoms with van der Waals surface area (Å²) >= 11 is 0. The van der Waals surface area contributed by atoms with Gasteiger partial charge in [-0.2, -0.15) is 5.26 Å². The van der Waals surface area contributed by atoms with Gasteiger partial charge in [0.15, 0.2) is 0 Å². The number of carbonyl (C=O) groups excluding carboxylic acids is 1. The molecule has 6 heteroatoms. The summed E-state index contributed by atoms with van der Waals surface area (Å²) < 4.78 is 15.4. The highest BCUT2D eigenvalue weighted by molar-refractivity contribution is 5.67. The summed E-state index contributed by atoms with van der Waals surface area (Å²) in [5.41, 5.74) is 0.695. The van der Waals surface area contributed by atoms with Crippen molar-refractivity contribution in [3.63, 3.8) is 0 Å². The molecule has 6 nitrogen and oxygen atoms in total. The Bertz CT molecular complexity index is 482. The Morgan fingerprint density at radius 2 is 2.11 bits per heavy atom. The maximum atomic E-state index is 11.5. The van der Waals surface area contributed by atoms with Gasteiger partial charge in [0, 0.05) is 12.6 Å². The molecule has 0 aliphatic carbocycles. The highest BCUT2D eigenvalue weighted by Gasteiger charge is 2.12. The molecule has 1 amide bonds. The third-order valence-electron chi connectivity index (χ3n) is 2.46. The fourth-order valence-corrected chi connectivity index (χ4v) is 1.42. The number of hydrogen-bond donors (Lipinski definition) is 0. The van der Waals surface area contributed by atoms with Crippen molar-refractivity contribution < 1.29 is 19.0 Å². The number of benzene rings is 1. The molecule has 0 fully saturated rings. The normalized spacial score (nSPS) is 9.37. The molecule has 0 bridgehead atoms. The minimum Gasteiger partial charge on any atom is -0.497 e. The molecule has 0 aliphatic rings. The average Bonchev–Trinajstić information content (AvgIpc) is 2.44. The minimum atomic E-state index is -0.563. The average molecular weight is 264 g/mol. The van der Waals surface area contributed by atoms with Crippen LogP contribution in [0.3, 0.4) is 0 Å². The van der Waals surface area contributed by atoms with E-state index >= 15 is 0 Å². The van der Waals surface area contributed by atoms with E-state index in [4.69, 9.17) is 19.5 Å². The Morgan fingerprint density at radius 3 is 2.68 bits per heavy atom. The maximum Gasteiger partial charge on any atom is 0.410 e. The van der Waals surface area contributed by atoms with Gasteiger partial charge in [-0.3, -0.25) is 4.90 Å². The lowest BCUT2D eigenvalue weighted by Crippen LogP contribution is -2.27. The molecule has 0 atom stereocenters. The van der Waals surface area contributed by atoms with E-state index < -0.39 is 6.09 Å². The molecule has 0 unspecified atom stereocenters. The van der Waals surface area contributed by atoms with Gasteiger partial charge in [0.1, 0.15) is 24.7 Å². The smallest absolute Gasteiger partial charge is 0.410 e. The first-order valence-electron chi connectivity index (χ1n) is 5.58. The van der Waals surface area contributed by atoms with Crippen molar-refractivity contribution in [2.45, 2.75) is 6.61 Å². The summed E-state index contributed by atoms with van der Waals surface area (Å²) in [5.74, 6) is 1.26. The number of methoxy groups -OCH3 is 2. The van der Waals surface area contributed by atoms with Gasteiger partial charge in [-0.05, 0) is 18.2 Å². The van der Waals surface area contributed by atoms with Crippen molar-refractivity contribution in [1.29, 1.82) is 5.26 Å². The summed E-state index contributed by atoms with van der Waals surface area (Å²) in [5, 5.41) is 8.49. The van der Waals surface area contributed by atoms with E-state index in [1.165, 1.54) is 19.1 Å². The van der Waals surface area contributed by atoms with E-state index in [-0.39, 0.29) is 13.2 Å². The molecule has 0 aromatic heterocycles. The highest BCUT2D eigenvalue weighted by Crippen LogP contribution is 2.24. The topological polar surface area (TPSA) is 71.8 Å². The quantitative estimate of drug-likeness (QED) is 0.758. The molecule has 0 spiro atoms. The predicted molar refractivity (Wildman–Crippen MR) is 68.0 cm³/mol. The molecule has 0 aliphatic heterocycles. The van der Waals surface area contributed by atoms with Crippen LogP contribution < -0.4 is 9.47 Å². The van der Waals surface area contributed by atoms with Crippen LogP contribution in [0.5, 0.6) is 11.5 Å². The first-order valence-corrected chi connectivity index (χ1v) is 5.58. The molecular weight excluding hydrogens is 248 g/mol. The third-order valence-corrected chi connectivity index (χ3v) is 2.46. The standard InChI is InChI=1S/C13H16N2O4/c1-15(7-6-14)13(16)19-9-10-8-11(17-2)4-5-12(10)18-3/h4-5,8H,7,9H2,1-3H3. The van der Waals surface area contributed by atoms with Crippen molar-refractivity contribution in [2.24, 2.45) is 0 Å². The summed E-state index contributed by atoms with van der Waals surface area (Å²) in [4.78, 5) is 12.7. The molecule has 0 saturated heterocycles. The first-order chi connectivity index (χ1) is 9.12. The van der Waals surface area contributed by atoms with Crippen LogP contribution in [0.15, 0.2) is 18.2 Å². The van der Waals surface area contributed by atoms with Gasteiger partial charge < -0.3 is 14.2 Å². The Morgan fingerprint density at radius 1 is 1.37 bits per heavy atom. The first kappa shape index (κ1) is 14.6. The van der Waals surface area contributed by atoms with Gasteiger partial charge >= 0.3 is 6.09 Å². The van der Waals surface area contributed by atoms with Crippen LogP contribution in [-0.2, 0) is 11.3 Å². The fourth-order valence-electron chi connectivity index (χ4n) is 1.42. The molecule has 0 N–H and O–H groups in total. The van der Waals surface area contributed by atoms with E-state index in [1.807, 2.05) is 6.07 Å². The van der Waals surface area contributed by atoms with E-state index in [1.54, 1.807) is 25.3 Å². The van der Waals surface area contributed by atoms with Crippen molar-refractivity contribution in [1.82, 2.24) is 4.90 Å². The number of carbonyl (C=O) groups is 1. The molecule has 102 valence electrons. The Hall–Kier alpha value is -2.42. The zero-order valence-corrected chi connectivity index (χ0v) is 11.2. The molecule has 1 rings (SSSR count). The lowest BCUT2D eigenvalue weighted by Gasteiger charge is -2.15. The number of rotatable bonds is 5. The number of nitrogens with zero attached hydrogens (tertiary/aromatic N) is 2. The van der Waals surface area contributed by atoms with Crippen molar-refractivity contribution in [3.8, 4) is 17.6 Å². The van der Waals surface area contributed by atoms with Crippen LogP contribution in [0.4, 0.5) is 4.79 Å². The van der Waals surface area contributed by atoms with Crippen LogP contribution in [0.25, 0.3) is 0 Å². The summed E-state index contributed by atoms with van der Waals surface area (Å²) in [6, 6.07) is 7.09. The van der Waals surface area contributed by atoms with Crippen molar-refractivity contribution in [2.75, 3.05) is 27.8 Å². The van der Waals surface area contributed by atoms with Crippen LogP contribution in [0.2, 0.25) is 0 Å². The molecule has 0 heterocycles. The third kappa shape index (κ3) is 4.07. The molecule has 1 aromatic carbocycles. The van der Waals surface area contributed by atoms with E-state index in [9.17, 15) is 4.79 Å². The largest absolute Gasteiger partial charge is 0.497 e. The van der Waals surface area contributed by atoms with Crippen molar-refractivity contribution >= 4 is 6.09 Å². The van der Waals surface area contributed by atoms with Gasteiger partial charge in [-0.25, -0.2) is 4.79 Å². The van der Waals surface area contributed by atoms with Crippen LogP contribution in [0.1, 0.15) is 5.56 Å². The number of ether oxygens (including phenoxy) is 3. The lowest BCUT2D eigenvalue weighted by atomic mass is 10.2. The molecular formula is C13H16N2O4. The Labute approximate surface area is 112 Å². The van der Waals surface area contributed by atoms with E-state index in [0.29, 0.717) is 17.1 Å². The van der Waals surface area contributed by atoms with Gasteiger partial charge in [0.2, 0.25) is 0 Å². The van der Waals surface area contributed by atoms with E-state index in [0.717, 1.165) is 0 Å². The summed E-state index contributed by atoms with van der Waals surface area (Å²) in [6.07, 6.45) is -0.563. The fraction of sp³-hybridized carbons (Fsp3) is 0.385. The van der Waals surface area contributed by atoms with Gasteiger partial charge in [0.05, 0.1) is 20.3 Å². The van der Waals surface area contributed by atoms with E-state index in [2.05, 4.69) is 0 Å². The predicted octanol–water partition coefficient (Wildman–Crippen LogP) is 1.80. The van der Waals surface area contributed by atoms with Crippen LogP contribution >= 0.6 is 0 Å². The number of amides is 1. The molecule has 0 saturated carbocycles. The second-order valence-electron chi connectivity index (χ2n) is 3.75. The summed E-state index contributed by atoms with van der Waals surface area (Å²) in [6.45, 7) is 0.0308. The SMILES string of the molecule is COc1ccc(OC)c(COC(=O)N(C)CC#N)c1. The molecule has 1 aromatic rings. The lowest BCUT2D eigenvalue weighted by molar-refractivity contribution is 0.107. The zero-order chi connectivity index (χ0) is 14.3. The van der Waals surface area contributed by atoms with Gasteiger partial charge in [-0.1, -0.05) is 0 Å². The Kier molecular flexibility index (Phi) is 5.48. The van der Waals surface area contributed by atoms with Crippen molar-refractivity contribution in [3.05, 3.63) is 23.8 Å². The highest BCUT2D eigenvalue weighted by atomic mass is 16.6. The maximum absolute atomic E-state index is 11.5. The zero-order valence-electron chi connectivity index (χ0n) is 11.2. The second-order valence-corrected chi connectivity index (χ2v) is 3.75. The second kappa shape index (κ2) is 7.11. The van der Waals surface area contributed by atoms with Gasteiger partial charge in [0.25, 0.3) is 0 Å². The minimum absolute atomic E-state index is 0.0198. The molecule has 0 radical (unpaired) electrons. The Balaban J connectivity index is 2.71. The monoisotopic (exact) mass is 264 g/mol. The number of nitriles is 1. The summed E-state index contributed by atoms with van der Waals surface area (Å²) in [7, 11) is 4.58. The van der Waals surface area contributed by atoms with Crippen LogP contribution in [-0.4, -0.2) is 38.8 Å².